The van der Waals surface area contributed by atoms with Crippen molar-refractivity contribution in [3.8, 4) is 62.1 Å². The highest BCUT2D eigenvalue weighted by atomic mass is 16.3. The molecule has 0 atom stereocenters. The summed E-state index contributed by atoms with van der Waals surface area (Å²) in [4.78, 5) is 15.0. The molecule has 5 nitrogen and oxygen atoms in total. The third-order valence-corrected chi connectivity index (χ3v) is 10.6. The first-order valence-corrected chi connectivity index (χ1v) is 18.8. The van der Waals surface area contributed by atoms with Crippen molar-refractivity contribution in [1.29, 1.82) is 0 Å². The van der Waals surface area contributed by atoms with Gasteiger partial charge in [-0.1, -0.05) is 158 Å². The van der Waals surface area contributed by atoms with Crippen molar-refractivity contribution < 1.29 is 4.42 Å². The van der Waals surface area contributed by atoms with Crippen molar-refractivity contribution in [2.24, 2.45) is 0 Å². The van der Waals surface area contributed by atoms with Crippen LogP contribution in [0.5, 0.6) is 0 Å². The lowest BCUT2D eigenvalue weighted by Gasteiger charge is -2.12. The molecule has 0 radical (unpaired) electrons. The fourth-order valence-corrected chi connectivity index (χ4v) is 7.99. The summed E-state index contributed by atoms with van der Waals surface area (Å²) in [6, 6.07) is 67.5. The number of hydrogen-bond donors (Lipinski definition) is 0. The van der Waals surface area contributed by atoms with Gasteiger partial charge in [0.15, 0.2) is 17.5 Å². The van der Waals surface area contributed by atoms with E-state index in [2.05, 4.69) is 126 Å². The normalized spacial score (nSPS) is 11.6. The second-order valence-electron chi connectivity index (χ2n) is 14.0. The average molecular weight is 717 g/mol. The molecule has 11 aromatic rings. The van der Waals surface area contributed by atoms with Crippen molar-refractivity contribution in [2.75, 3.05) is 0 Å². The van der Waals surface area contributed by atoms with E-state index in [-0.39, 0.29) is 0 Å². The Morgan fingerprint density at radius 1 is 0.339 bits per heavy atom. The maximum atomic E-state index is 6.42. The highest BCUT2D eigenvalue weighted by Gasteiger charge is 2.17. The number of furan rings is 1. The smallest absolute Gasteiger partial charge is 0.164 e. The van der Waals surface area contributed by atoms with Gasteiger partial charge < -0.3 is 8.98 Å². The molecular weight excluding hydrogens is 685 g/mol. The first-order chi connectivity index (χ1) is 27.7. The van der Waals surface area contributed by atoms with E-state index >= 15 is 0 Å². The maximum absolute atomic E-state index is 6.42. The van der Waals surface area contributed by atoms with E-state index in [1.54, 1.807) is 0 Å². The Labute approximate surface area is 322 Å². The molecule has 56 heavy (non-hydrogen) atoms. The highest BCUT2D eigenvalue weighted by Crippen LogP contribution is 2.39. The lowest BCUT2D eigenvalue weighted by Crippen LogP contribution is -2.01. The van der Waals surface area contributed by atoms with Gasteiger partial charge in [0.25, 0.3) is 0 Å². The van der Waals surface area contributed by atoms with E-state index in [1.807, 2.05) is 72.8 Å². The van der Waals surface area contributed by atoms with Crippen molar-refractivity contribution >= 4 is 43.7 Å². The zero-order valence-corrected chi connectivity index (χ0v) is 30.2. The standard InChI is InChI=1S/C51H32N4O/c1-3-14-33(15-4-1)49-52-50(34-16-5-2-6-17-34)54-51(53-49)38-20-12-21-39(31-38)55-45-26-9-7-22-41(45)42-29-28-36(32-46(42)55)35-18-11-19-37(30-35)40-24-13-25-44-43-23-8-10-27-47(43)56-48(40)44/h1-32H. The summed E-state index contributed by atoms with van der Waals surface area (Å²) < 4.78 is 8.78. The van der Waals surface area contributed by atoms with Crippen LogP contribution < -0.4 is 0 Å². The van der Waals surface area contributed by atoms with Crippen LogP contribution >= 0.6 is 0 Å². The largest absolute Gasteiger partial charge is 0.455 e. The van der Waals surface area contributed by atoms with Gasteiger partial charge in [-0.15, -0.1) is 0 Å². The maximum Gasteiger partial charge on any atom is 0.164 e. The van der Waals surface area contributed by atoms with Crippen LogP contribution in [0.15, 0.2) is 199 Å². The SMILES string of the molecule is c1ccc(-c2nc(-c3ccccc3)nc(-c3cccc(-n4c5ccccc5c5ccc(-c6cccc(-c7cccc8c7oc7ccccc78)c6)cc54)c3)n2)cc1. The number of nitrogens with zero attached hydrogens (tertiary/aromatic N) is 4. The van der Waals surface area contributed by atoms with Gasteiger partial charge in [0.2, 0.25) is 0 Å². The molecule has 0 N–H and O–H groups in total. The first-order valence-electron chi connectivity index (χ1n) is 18.8. The van der Waals surface area contributed by atoms with Crippen LogP contribution in [-0.4, -0.2) is 19.5 Å². The Morgan fingerprint density at radius 3 is 1.68 bits per heavy atom. The van der Waals surface area contributed by atoms with Crippen LogP contribution in [0, 0.1) is 0 Å². The van der Waals surface area contributed by atoms with E-state index in [0.29, 0.717) is 17.5 Å². The molecule has 0 aliphatic heterocycles. The molecule has 5 heteroatoms. The van der Waals surface area contributed by atoms with Crippen molar-refractivity contribution in [1.82, 2.24) is 19.5 Å². The summed E-state index contributed by atoms with van der Waals surface area (Å²) in [5.74, 6) is 1.90. The summed E-state index contributed by atoms with van der Waals surface area (Å²) >= 11 is 0. The molecule has 3 heterocycles. The molecule has 0 aliphatic carbocycles. The summed E-state index contributed by atoms with van der Waals surface area (Å²) in [7, 11) is 0. The fourth-order valence-electron chi connectivity index (χ4n) is 7.99. The average Bonchev–Trinajstić information content (AvgIpc) is 3.83. The van der Waals surface area contributed by atoms with E-state index in [0.717, 1.165) is 77.6 Å². The molecular formula is C51H32N4O. The zero-order valence-electron chi connectivity index (χ0n) is 30.2. The van der Waals surface area contributed by atoms with Gasteiger partial charge in [-0.25, -0.2) is 15.0 Å². The number of para-hydroxylation sites is 3. The van der Waals surface area contributed by atoms with E-state index in [1.165, 1.54) is 10.8 Å². The Kier molecular flexibility index (Phi) is 7.42. The number of rotatable bonds is 6. The molecule has 0 amide bonds. The minimum Gasteiger partial charge on any atom is -0.455 e. The van der Waals surface area contributed by atoms with E-state index in [4.69, 9.17) is 19.4 Å². The molecule has 0 bridgehead atoms. The molecule has 0 fully saturated rings. The predicted octanol–water partition coefficient (Wildman–Crippen LogP) is 13.2. The monoisotopic (exact) mass is 716 g/mol. The molecule has 0 aliphatic rings. The second kappa shape index (κ2) is 13.0. The first kappa shape index (κ1) is 31.9. The van der Waals surface area contributed by atoms with Gasteiger partial charge in [0, 0.05) is 49.5 Å². The summed E-state index contributed by atoms with van der Waals surface area (Å²) in [6.45, 7) is 0. The van der Waals surface area contributed by atoms with Crippen LogP contribution in [-0.2, 0) is 0 Å². The Balaban J connectivity index is 1.05. The Morgan fingerprint density at radius 2 is 0.893 bits per heavy atom. The second-order valence-corrected chi connectivity index (χ2v) is 14.0. The number of fused-ring (bicyclic) bond motifs is 6. The third kappa shape index (κ3) is 5.37. The van der Waals surface area contributed by atoms with Crippen molar-refractivity contribution in [3.05, 3.63) is 194 Å². The summed E-state index contributed by atoms with van der Waals surface area (Å²) in [6.07, 6.45) is 0. The minimum absolute atomic E-state index is 0.623. The number of hydrogen-bond acceptors (Lipinski definition) is 4. The van der Waals surface area contributed by atoms with Gasteiger partial charge in [-0.05, 0) is 53.1 Å². The summed E-state index contributed by atoms with van der Waals surface area (Å²) in [5, 5.41) is 4.64. The molecule has 0 spiro atoms. The fraction of sp³-hybridized carbons (Fsp3) is 0. The molecule has 8 aromatic carbocycles. The van der Waals surface area contributed by atoms with Crippen LogP contribution in [0.2, 0.25) is 0 Å². The van der Waals surface area contributed by atoms with Crippen molar-refractivity contribution in [3.63, 3.8) is 0 Å². The summed E-state index contributed by atoms with van der Waals surface area (Å²) in [5.41, 5.74) is 12.3. The molecule has 0 saturated carbocycles. The highest BCUT2D eigenvalue weighted by molar-refractivity contribution is 6.11. The van der Waals surface area contributed by atoms with Crippen LogP contribution in [0.1, 0.15) is 0 Å². The Hall–Kier alpha value is -7.63. The number of benzene rings is 8. The topological polar surface area (TPSA) is 56.7 Å². The molecule has 11 rings (SSSR count). The van der Waals surface area contributed by atoms with Crippen LogP contribution in [0.4, 0.5) is 0 Å². The van der Waals surface area contributed by atoms with Crippen LogP contribution in [0.3, 0.4) is 0 Å². The minimum atomic E-state index is 0.623. The molecule has 262 valence electrons. The van der Waals surface area contributed by atoms with Gasteiger partial charge in [0.05, 0.1) is 11.0 Å². The van der Waals surface area contributed by atoms with E-state index in [9.17, 15) is 0 Å². The Bertz CT molecular complexity index is 3200. The van der Waals surface area contributed by atoms with Crippen LogP contribution in [0.25, 0.3) is 106 Å². The zero-order chi connectivity index (χ0) is 37.0. The lowest BCUT2D eigenvalue weighted by molar-refractivity contribution is 0.670. The van der Waals surface area contributed by atoms with Gasteiger partial charge in [-0.2, -0.15) is 0 Å². The van der Waals surface area contributed by atoms with Gasteiger partial charge in [-0.3, -0.25) is 0 Å². The van der Waals surface area contributed by atoms with Gasteiger partial charge in [0.1, 0.15) is 11.2 Å². The quantitative estimate of drug-likeness (QED) is 0.172. The van der Waals surface area contributed by atoms with E-state index < -0.39 is 0 Å². The van der Waals surface area contributed by atoms with Gasteiger partial charge >= 0.3 is 0 Å². The predicted molar refractivity (Wildman–Crippen MR) is 229 cm³/mol. The third-order valence-electron chi connectivity index (χ3n) is 10.6. The molecule has 3 aromatic heterocycles. The molecule has 0 unspecified atom stereocenters. The number of aromatic nitrogens is 4. The lowest BCUT2D eigenvalue weighted by atomic mass is 9.97. The van der Waals surface area contributed by atoms with Crippen molar-refractivity contribution in [2.45, 2.75) is 0 Å². The molecule has 0 saturated heterocycles.